The quantitative estimate of drug-likeness (QED) is 0.666. The van der Waals surface area contributed by atoms with E-state index in [1.807, 2.05) is 30.5 Å². The van der Waals surface area contributed by atoms with Crippen LogP contribution in [0.1, 0.15) is 18.4 Å². The Morgan fingerprint density at radius 2 is 2.17 bits per heavy atom. The fraction of sp³-hybridized carbons (Fsp3) is 0.238. The molecule has 8 heteroatoms. The third kappa shape index (κ3) is 4.60. The number of nitrogens with one attached hydrogen (secondary N) is 1. The van der Waals surface area contributed by atoms with Crippen molar-refractivity contribution in [3.8, 4) is 11.6 Å². The van der Waals surface area contributed by atoms with Gasteiger partial charge in [-0.2, -0.15) is 0 Å². The van der Waals surface area contributed by atoms with Crippen molar-refractivity contribution >= 4 is 17.5 Å². The van der Waals surface area contributed by atoms with Crippen LogP contribution in [0.2, 0.25) is 0 Å². The van der Waals surface area contributed by atoms with E-state index in [4.69, 9.17) is 4.74 Å². The standard InChI is InChI=1S/C21H21N5O3/c27-20(24-13-16-6-7-19(23-12-16)25-10-8-22-15-25)14-29-18-4-1-3-17(11-18)26-9-2-5-21(26)28/h1,3-4,6-8,10-12,15H,2,5,9,13-14H2,(H,24,27). The van der Waals surface area contributed by atoms with Gasteiger partial charge < -0.3 is 15.0 Å². The molecule has 0 spiro atoms. The van der Waals surface area contributed by atoms with E-state index in [0.29, 0.717) is 18.7 Å². The molecule has 1 aliphatic rings. The molecule has 0 saturated carbocycles. The van der Waals surface area contributed by atoms with E-state index in [2.05, 4.69) is 15.3 Å². The second kappa shape index (κ2) is 8.55. The molecule has 148 valence electrons. The van der Waals surface area contributed by atoms with Crippen LogP contribution in [0.5, 0.6) is 5.75 Å². The van der Waals surface area contributed by atoms with Gasteiger partial charge in [0.25, 0.3) is 5.91 Å². The molecule has 0 radical (unpaired) electrons. The summed E-state index contributed by atoms with van der Waals surface area (Å²) >= 11 is 0. The van der Waals surface area contributed by atoms with Crippen molar-refractivity contribution in [3.05, 3.63) is 66.9 Å². The highest BCUT2D eigenvalue weighted by Gasteiger charge is 2.21. The molecular formula is C21H21N5O3. The molecule has 29 heavy (non-hydrogen) atoms. The van der Waals surface area contributed by atoms with E-state index >= 15 is 0 Å². The van der Waals surface area contributed by atoms with Crippen molar-refractivity contribution in [1.29, 1.82) is 0 Å². The molecule has 0 bridgehead atoms. The average Bonchev–Trinajstić information content (AvgIpc) is 3.43. The van der Waals surface area contributed by atoms with Crippen LogP contribution in [0.4, 0.5) is 5.69 Å². The maximum absolute atomic E-state index is 12.1. The van der Waals surface area contributed by atoms with Gasteiger partial charge in [0, 0.05) is 49.9 Å². The predicted molar refractivity (Wildman–Crippen MR) is 107 cm³/mol. The monoisotopic (exact) mass is 391 g/mol. The number of carbonyl (C=O) groups excluding carboxylic acids is 2. The summed E-state index contributed by atoms with van der Waals surface area (Å²) in [6.45, 7) is 0.982. The molecule has 1 aliphatic heterocycles. The minimum Gasteiger partial charge on any atom is -0.484 e. The van der Waals surface area contributed by atoms with Crippen molar-refractivity contribution in [3.63, 3.8) is 0 Å². The van der Waals surface area contributed by atoms with Crippen LogP contribution in [0.3, 0.4) is 0 Å². The summed E-state index contributed by atoms with van der Waals surface area (Å²) in [5.74, 6) is 1.21. The lowest BCUT2D eigenvalue weighted by Crippen LogP contribution is -2.28. The Hall–Kier alpha value is -3.68. The number of amides is 2. The van der Waals surface area contributed by atoms with E-state index in [9.17, 15) is 9.59 Å². The van der Waals surface area contributed by atoms with Gasteiger partial charge in [-0.05, 0) is 30.2 Å². The molecule has 0 aliphatic carbocycles. The molecule has 2 amide bonds. The smallest absolute Gasteiger partial charge is 0.258 e. The SMILES string of the molecule is O=C(COc1cccc(N2CCCC2=O)c1)NCc1ccc(-n2ccnc2)nc1. The zero-order valence-electron chi connectivity index (χ0n) is 15.8. The van der Waals surface area contributed by atoms with Crippen LogP contribution in [0.15, 0.2) is 61.3 Å². The molecule has 1 aromatic carbocycles. The molecule has 0 atom stereocenters. The molecule has 1 saturated heterocycles. The summed E-state index contributed by atoms with van der Waals surface area (Å²) in [5.41, 5.74) is 1.69. The number of anilines is 1. The summed E-state index contributed by atoms with van der Waals surface area (Å²) < 4.78 is 7.39. The maximum Gasteiger partial charge on any atom is 0.258 e. The highest BCUT2D eigenvalue weighted by molar-refractivity contribution is 5.95. The number of hydrogen-bond donors (Lipinski definition) is 1. The number of benzene rings is 1. The molecule has 3 aromatic rings. The van der Waals surface area contributed by atoms with Crippen LogP contribution in [-0.2, 0) is 16.1 Å². The van der Waals surface area contributed by atoms with Crippen LogP contribution >= 0.6 is 0 Å². The Balaban J connectivity index is 1.26. The minimum atomic E-state index is -0.230. The Kier molecular flexibility index (Phi) is 5.51. The Morgan fingerprint density at radius 1 is 1.24 bits per heavy atom. The lowest BCUT2D eigenvalue weighted by atomic mass is 10.2. The zero-order valence-corrected chi connectivity index (χ0v) is 15.8. The second-order valence-corrected chi connectivity index (χ2v) is 6.71. The Morgan fingerprint density at radius 3 is 2.90 bits per heavy atom. The third-order valence-electron chi connectivity index (χ3n) is 4.64. The molecule has 3 heterocycles. The number of aromatic nitrogens is 3. The van der Waals surface area contributed by atoms with Crippen molar-refractivity contribution in [2.45, 2.75) is 19.4 Å². The Bertz CT molecular complexity index is 986. The largest absolute Gasteiger partial charge is 0.484 e. The topological polar surface area (TPSA) is 89.4 Å². The highest BCUT2D eigenvalue weighted by Crippen LogP contribution is 2.25. The van der Waals surface area contributed by atoms with Gasteiger partial charge in [-0.3, -0.25) is 14.2 Å². The Labute approximate surface area is 168 Å². The number of imidazole rings is 1. The van der Waals surface area contributed by atoms with Crippen molar-refractivity contribution < 1.29 is 14.3 Å². The molecule has 1 fully saturated rings. The van der Waals surface area contributed by atoms with E-state index < -0.39 is 0 Å². The first-order chi connectivity index (χ1) is 14.2. The molecule has 0 unspecified atom stereocenters. The third-order valence-corrected chi connectivity index (χ3v) is 4.64. The average molecular weight is 391 g/mol. The molecule has 1 N–H and O–H groups in total. The summed E-state index contributed by atoms with van der Waals surface area (Å²) in [6, 6.07) is 11.0. The number of rotatable bonds is 7. The molecular weight excluding hydrogens is 370 g/mol. The van der Waals surface area contributed by atoms with Gasteiger partial charge in [0.2, 0.25) is 5.91 Å². The predicted octanol–water partition coefficient (Wildman–Crippen LogP) is 2.09. The number of hydrogen-bond acceptors (Lipinski definition) is 5. The van der Waals surface area contributed by atoms with Crippen molar-refractivity contribution in [2.75, 3.05) is 18.1 Å². The summed E-state index contributed by atoms with van der Waals surface area (Å²) in [5, 5.41) is 2.81. The van der Waals surface area contributed by atoms with Crippen LogP contribution < -0.4 is 15.0 Å². The van der Waals surface area contributed by atoms with E-state index in [0.717, 1.165) is 30.0 Å². The highest BCUT2D eigenvalue weighted by atomic mass is 16.5. The van der Waals surface area contributed by atoms with Crippen LogP contribution in [0, 0.1) is 0 Å². The van der Waals surface area contributed by atoms with Gasteiger partial charge >= 0.3 is 0 Å². The van der Waals surface area contributed by atoms with Crippen molar-refractivity contribution in [2.24, 2.45) is 0 Å². The van der Waals surface area contributed by atoms with Gasteiger partial charge in [-0.15, -0.1) is 0 Å². The fourth-order valence-corrected chi connectivity index (χ4v) is 3.13. The maximum atomic E-state index is 12.1. The first-order valence-electron chi connectivity index (χ1n) is 9.42. The zero-order chi connectivity index (χ0) is 20.1. The lowest BCUT2D eigenvalue weighted by molar-refractivity contribution is -0.123. The van der Waals surface area contributed by atoms with Crippen LogP contribution in [0.25, 0.3) is 5.82 Å². The number of carbonyl (C=O) groups is 2. The second-order valence-electron chi connectivity index (χ2n) is 6.71. The number of ether oxygens (including phenoxy) is 1. The summed E-state index contributed by atoms with van der Waals surface area (Å²) in [6.07, 6.45) is 8.34. The minimum absolute atomic E-state index is 0.0993. The molecule has 4 rings (SSSR count). The van der Waals surface area contributed by atoms with E-state index in [-0.39, 0.29) is 18.4 Å². The molecule has 2 aromatic heterocycles. The molecule has 8 nitrogen and oxygen atoms in total. The summed E-state index contributed by atoms with van der Waals surface area (Å²) in [7, 11) is 0. The first kappa shape index (κ1) is 18.7. The lowest BCUT2D eigenvalue weighted by Gasteiger charge is -2.16. The normalized spacial score (nSPS) is 13.5. The van der Waals surface area contributed by atoms with Gasteiger partial charge in [0.05, 0.1) is 0 Å². The van der Waals surface area contributed by atoms with Gasteiger partial charge in [0.1, 0.15) is 17.9 Å². The van der Waals surface area contributed by atoms with Crippen molar-refractivity contribution in [1.82, 2.24) is 19.9 Å². The van der Waals surface area contributed by atoms with Crippen LogP contribution in [-0.4, -0.2) is 39.5 Å². The number of nitrogens with zero attached hydrogens (tertiary/aromatic N) is 4. The fourth-order valence-electron chi connectivity index (χ4n) is 3.13. The van der Waals surface area contributed by atoms with E-state index in [1.54, 1.807) is 40.3 Å². The number of pyridine rings is 1. The first-order valence-corrected chi connectivity index (χ1v) is 9.42. The van der Waals surface area contributed by atoms with E-state index in [1.165, 1.54) is 0 Å². The van der Waals surface area contributed by atoms with Gasteiger partial charge in [-0.1, -0.05) is 12.1 Å². The van der Waals surface area contributed by atoms with Gasteiger partial charge in [0.15, 0.2) is 6.61 Å². The summed E-state index contributed by atoms with van der Waals surface area (Å²) in [4.78, 5) is 34.1. The van der Waals surface area contributed by atoms with Gasteiger partial charge in [-0.25, -0.2) is 9.97 Å².